The number of nitrogens with two attached hydrogens (primary N) is 1. The van der Waals surface area contributed by atoms with Crippen molar-refractivity contribution in [3.8, 4) is 0 Å². The Hall–Kier alpha value is -0.860. The molecule has 0 bridgehead atoms. The summed E-state index contributed by atoms with van der Waals surface area (Å²) in [7, 11) is 0. The molecule has 1 aromatic rings. The zero-order chi connectivity index (χ0) is 10.2. The maximum Gasteiger partial charge on any atom is 0.0600 e. The molecule has 1 atom stereocenters. The van der Waals surface area contributed by atoms with Crippen LogP contribution in [0.4, 0.5) is 0 Å². The molecule has 1 aliphatic rings. The van der Waals surface area contributed by atoms with Gasteiger partial charge in [-0.05, 0) is 25.0 Å². The largest absolute Gasteiger partial charge is 0.379 e. The van der Waals surface area contributed by atoms with Gasteiger partial charge in [0.1, 0.15) is 0 Å². The van der Waals surface area contributed by atoms with Crippen molar-refractivity contribution in [1.82, 2.24) is 0 Å². The Morgan fingerprint density at radius 3 is 2.43 bits per heavy atom. The number of benzene rings is 1. The van der Waals surface area contributed by atoms with E-state index in [1.165, 1.54) is 11.1 Å². The van der Waals surface area contributed by atoms with E-state index >= 15 is 0 Å². The summed E-state index contributed by atoms with van der Waals surface area (Å²) in [6.07, 6.45) is 0. The standard InChI is InChI=1S/C12H17NO/c1-9-5-3-4-6-11(9)12(10(2)13)7-14-8-12/h3-6,10H,7-8,13H2,1-2H3. The van der Waals surface area contributed by atoms with E-state index in [4.69, 9.17) is 10.5 Å². The second-order valence-electron chi connectivity index (χ2n) is 4.25. The molecule has 2 heteroatoms. The zero-order valence-corrected chi connectivity index (χ0v) is 8.79. The van der Waals surface area contributed by atoms with Crippen molar-refractivity contribution in [2.24, 2.45) is 5.73 Å². The van der Waals surface area contributed by atoms with Crippen LogP contribution in [0.5, 0.6) is 0 Å². The molecule has 1 aliphatic heterocycles. The highest BCUT2D eigenvalue weighted by Crippen LogP contribution is 2.36. The second kappa shape index (κ2) is 3.37. The highest BCUT2D eigenvalue weighted by Gasteiger charge is 2.44. The van der Waals surface area contributed by atoms with Crippen LogP contribution in [0.1, 0.15) is 18.1 Å². The summed E-state index contributed by atoms with van der Waals surface area (Å²) < 4.78 is 5.33. The molecule has 0 saturated carbocycles. The summed E-state index contributed by atoms with van der Waals surface area (Å²) in [6, 6.07) is 8.59. The van der Waals surface area contributed by atoms with Gasteiger partial charge in [0.05, 0.1) is 18.6 Å². The maximum absolute atomic E-state index is 6.05. The van der Waals surface area contributed by atoms with Gasteiger partial charge in [-0.3, -0.25) is 0 Å². The van der Waals surface area contributed by atoms with Gasteiger partial charge in [0.15, 0.2) is 0 Å². The first kappa shape index (κ1) is 9.69. The van der Waals surface area contributed by atoms with Crippen LogP contribution in [0.25, 0.3) is 0 Å². The highest BCUT2D eigenvalue weighted by molar-refractivity contribution is 5.36. The first-order valence-corrected chi connectivity index (χ1v) is 5.06. The Morgan fingerprint density at radius 1 is 1.36 bits per heavy atom. The monoisotopic (exact) mass is 191 g/mol. The lowest BCUT2D eigenvalue weighted by Crippen LogP contribution is -2.57. The average molecular weight is 191 g/mol. The van der Waals surface area contributed by atoms with E-state index in [9.17, 15) is 0 Å². The van der Waals surface area contributed by atoms with E-state index in [1.807, 2.05) is 0 Å². The minimum absolute atomic E-state index is 0.0609. The first-order valence-electron chi connectivity index (χ1n) is 5.06. The number of hydrogen-bond donors (Lipinski definition) is 1. The summed E-state index contributed by atoms with van der Waals surface area (Å²) in [5, 5.41) is 0. The molecular weight excluding hydrogens is 174 g/mol. The van der Waals surface area contributed by atoms with Crippen molar-refractivity contribution in [3.63, 3.8) is 0 Å². The van der Waals surface area contributed by atoms with Gasteiger partial charge in [-0.2, -0.15) is 0 Å². The van der Waals surface area contributed by atoms with E-state index in [-0.39, 0.29) is 11.5 Å². The van der Waals surface area contributed by atoms with Crippen molar-refractivity contribution in [2.75, 3.05) is 13.2 Å². The van der Waals surface area contributed by atoms with Crippen molar-refractivity contribution in [3.05, 3.63) is 35.4 Å². The van der Waals surface area contributed by atoms with E-state index in [1.54, 1.807) is 0 Å². The van der Waals surface area contributed by atoms with Gasteiger partial charge in [0.2, 0.25) is 0 Å². The normalized spacial score (nSPS) is 21.4. The molecule has 14 heavy (non-hydrogen) atoms. The molecule has 2 nitrogen and oxygen atoms in total. The van der Waals surface area contributed by atoms with E-state index in [0.29, 0.717) is 0 Å². The van der Waals surface area contributed by atoms with E-state index < -0.39 is 0 Å². The summed E-state index contributed by atoms with van der Waals surface area (Å²) in [6.45, 7) is 5.72. The van der Waals surface area contributed by atoms with Crippen LogP contribution in [-0.4, -0.2) is 19.3 Å². The number of hydrogen-bond acceptors (Lipinski definition) is 2. The number of aryl methyl sites for hydroxylation is 1. The summed E-state index contributed by atoms with van der Waals surface area (Å²) in [5.74, 6) is 0. The lowest BCUT2D eigenvalue weighted by Gasteiger charge is -2.45. The minimum Gasteiger partial charge on any atom is -0.379 e. The molecule has 0 spiro atoms. The smallest absolute Gasteiger partial charge is 0.0600 e. The van der Waals surface area contributed by atoms with Crippen molar-refractivity contribution >= 4 is 0 Å². The molecule has 1 aromatic carbocycles. The third-order valence-electron chi connectivity index (χ3n) is 3.27. The molecule has 0 amide bonds. The predicted octanol–water partition coefficient (Wildman–Crippen LogP) is 1.61. The van der Waals surface area contributed by atoms with Crippen molar-refractivity contribution < 1.29 is 4.74 Å². The first-order chi connectivity index (χ1) is 6.67. The molecule has 0 radical (unpaired) electrons. The molecule has 76 valence electrons. The number of rotatable bonds is 2. The Balaban J connectivity index is 2.42. The topological polar surface area (TPSA) is 35.2 Å². The SMILES string of the molecule is Cc1ccccc1C1(C(C)N)COC1. The molecule has 2 N–H and O–H groups in total. The fourth-order valence-electron chi connectivity index (χ4n) is 2.12. The number of ether oxygens (including phenoxy) is 1. The van der Waals surface area contributed by atoms with Crippen LogP contribution in [0, 0.1) is 6.92 Å². The van der Waals surface area contributed by atoms with Gasteiger partial charge < -0.3 is 10.5 Å². The van der Waals surface area contributed by atoms with Gasteiger partial charge >= 0.3 is 0 Å². The van der Waals surface area contributed by atoms with Crippen LogP contribution in [0.15, 0.2) is 24.3 Å². The summed E-state index contributed by atoms with van der Waals surface area (Å²) in [4.78, 5) is 0. The van der Waals surface area contributed by atoms with Gasteiger partial charge in [0.25, 0.3) is 0 Å². The van der Waals surface area contributed by atoms with Gasteiger partial charge in [-0.25, -0.2) is 0 Å². The van der Waals surface area contributed by atoms with Crippen LogP contribution < -0.4 is 5.73 Å². The fraction of sp³-hybridized carbons (Fsp3) is 0.500. The van der Waals surface area contributed by atoms with E-state index in [2.05, 4.69) is 38.1 Å². The molecule has 1 saturated heterocycles. The Bertz CT molecular complexity index is 329. The Labute approximate surface area is 85.1 Å². The van der Waals surface area contributed by atoms with Crippen LogP contribution >= 0.6 is 0 Å². The lowest BCUT2D eigenvalue weighted by molar-refractivity contribution is -0.0704. The maximum atomic E-state index is 6.05. The van der Waals surface area contributed by atoms with Gasteiger partial charge in [-0.1, -0.05) is 24.3 Å². The molecular formula is C12H17NO. The fourth-order valence-corrected chi connectivity index (χ4v) is 2.12. The average Bonchev–Trinajstić information content (AvgIpc) is 2.05. The minimum atomic E-state index is 0.0609. The molecule has 1 heterocycles. The highest BCUT2D eigenvalue weighted by atomic mass is 16.5. The quantitative estimate of drug-likeness (QED) is 0.770. The lowest BCUT2D eigenvalue weighted by atomic mass is 9.72. The zero-order valence-electron chi connectivity index (χ0n) is 8.79. The van der Waals surface area contributed by atoms with Gasteiger partial charge in [0, 0.05) is 6.04 Å². The molecule has 2 rings (SSSR count). The molecule has 0 aromatic heterocycles. The second-order valence-corrected chi connectivity index (χ2v) is 4.25. The summed E-state index contributed by atoms with van der Waals surface area (Å²) in [5.41, 5.74) is 8.78. The molecule has 1 fully saturated rings. The summed E-state index contributed by atoms with van der Waals surface area (Å²) >= 11 is 0. The third kappa shape index (κ3) is 1.26. The third-order valence-corrected chi connectivity index (χ3v) is 3.27. The Kier molecular flexibility index (Phi) is 2.33. The van der Waals surface area contributed by atoms with Crippen molar-refractivity contribution in [2.45, 2.75) is 25.3 Å². The molecule has 1 unspecified atom stereocenters. The Morgan fingerprint density at radius 2 is 2.00 bits per heavy atom. The van der Waals surface area contributed by atoms with Gasteiger partial charge in [-0.15, -0.1) is 0 Å². The van der Waals surface area contributed by atoms with Crippen LogP contribution in [-0.2, 0) is 10.2 Å². The van der Waals surface area contributed by atoms with Crippen LogP contribution in [0.2, 0.25) is 0 Å². The van der Waals surface area contributed by atoms with Crippen molar-refractivity contribution in [1.29, 1.82) is 0 Å². The van der Waals surface area contributed by atoms with E-state index in [0.717, 1.165) is 13.2 Å². The van der Waals surface area contributed by atoms with Crippen LogP contribution in [0.3, 0.4) is 0 Å². The predicted molar refractivity (Wildman–Crippen MR) is 57.3 cm³/mol. The molecule has 0 aliphatic carbocycles.